The molecular weight excluding hydrogens is 410 g/mol. The highest BCUT2D eigenvalue weighted by Gasteiger charge is 2.19. The lowest BCUT2D eigenvalue weighted by Crippen LogP contribution is -2.18. The minimum Gasteiger partial charge on any atom is -0.495 e. The lowest BCUT2D eigenvalue weighted by Gasteiger charge is -2.14. The molecular formula is C24H25N3O3S. The van der Waals surface area contributed by atoms with Crippen LogP contribution in [-0.4, -0.2) is 29.7 Å². The number of thioether (sulfide) groups is 1. The molecule has 160 valence electrons. The third kappa shape index (κ3) is 5.64. The molecule has 0 fully saturated rings. The van der Waals surface area contributed by atoms with Gasteiger partial charge >= 0.3 is 0 Å². The van der Waals surface area contributed by atoms with Crippen LogP contribution in [0.4, 0.5) is 11.4 Å². The molecule has 2 N–H and O–H groups in total. The molecule has 0 aliphatic heterocycles. The molecule has 2 amide bonds. The molecule has 0 unspecified atom stereocenters. The Morgan fingerprint density at radius 1 is 0.935 bits per heavy atom. The van der Waals surface area contributed by atoms with Crippen molar-refractivity contribution in [1.82, 2.24) is 4.98 Å². The molecule has 3 rings (SSSR count). The van der Waals surface area contributed by atoms with Gasteiger partial charge in [0.05, 0.1) is 24.1 Å². The summed E-state index contributed by atoms with van der Waals surface area (Å²) in [4.78, 5) is 30.1. The summed E-state index contributed by atoms with van der Waals surface area (Å²) in [6, 6.07) is 16.7. The Morgan fingerprint density at radius 2 is 1.61 bits per heavy atom. The number of hydrogen-bond acceptors (Lipinski definition) is 5. The fourth-order valence-corrected chi connectivity index (χ4v) is 4.10. The Kier molecular flexibility index (Phi) is 7.31. The van der Waals surface area contributed by atoms with Gasteiger partial charge in [-0.3, -0.25) is 9.59 Å². The molecule has 2 aromatic carbocycles. The molecule has 0 saturated heterocycles. The van der Waals surface area contributed by atoms with Crippen molar-refractivity contribution in [2.75, 3.05) is 23.5 Å². The molecule has 0 bridgehead atoms. The molecule has 0 saturated carbocycles. The first kappa shape index (κ1) is 22.4. The summed E-state index contributed by atoms with van der Waals surface area (Å²) in [6.45, 7) is 5.68. The van der Waals surface area contributed by atoms with Gasteiger partial charge in [0.15, 0.2) is 0 Å². The van der Waals surface area contributed by atoms with Crippen molar-refractivity contribution in [1.29, 1.82) is 0 Å². The lowest BCUT2D eigenvalue weighted by atomic mass is 10.1. The first-order chi connectivity index (χ1) is 14.9. The minimum absolute atomic E-state index is 0.110. The van der Waals surface area contributed by atoms with Crippen LogP contribution in [0.2, 0.25) is 0 Å². The monoisotopic (exact) mass is 435 g/mol. The van der Waals surface area contributed by atoms with E-state index in [9.17, 15) is 9.59 Å². The summed E-state index contributed by atoms with van der Waals surface area (Å²) in [6.07, 6.45) is 0. The molecule has 0 aliphatic carbocycles. The number of pyridine rings is 1. The first-order valence-corrected chi connectivity index (χ1v) is 10.8. The predicted octanol–water partition coefficient (Wildman–Crippen LogP) is 5.00. The van der Waals surface area contributed by atoms with Gasteiger partial charge in [0.2, 0.25) is 5.91 Å². The van der Waals surface area contributed by atoms with E-state index in [0.29, 0.717) is 22.0 Å². The summed E-state index contributed by atoms with van der Waals surface area (Å²) in [7, 11) is 1.55. The van der Waals surface area contributed by atoms with E-state index in [-0.39, 0.29) is 17.6 Å². The fraction of sp³-hybridized carbons (Fsp3) is 0.208. The van der Waals surface area contributed by atoms with Crippen molar-refractivity contribution in [2.24, 2.45) is 0 Å². The highest BCUT2D eigenvalue weighted by Crippen LogP contribution is 2.27. The molecule has 0 spiro atoms. The Labute approximate surface area is 186 Å². The average molecular weight is 436 g/mol. The number of amides is 2. The predicted molar refractivity (Wildman–Crippen MR) is 125 cm³/mol. The Bertz CT molecular complexity index is 1110. The van der Waals surface area contributed by atoms with Crippen LogP contribution in [0.15, 0.2) is 59.6 Å². The van der Waals surface area contributed by atoms with Crippen molar-refractivity contribution in [3.8, 4) is 5.75 Å². The third-order valence-electron chi connectivity index (χ3n) is 4.65. The van der Waals surface area contributed by atoms with E-state index in [1.54, 1.807) is 19.2 Å². The molecule has 1 heterocycles. The van der Waals surface area contributed by atoms with Gasteiger partial charge in [-0.05, 0) is 56.2 Å². The highest BCUT2D eigenvalue weighted by molar-refractivity contribution is 8.00. The van der Waals surface area contributed by atoms with Crippen molar-refractivity contribution in [3.63, 3.8) is 0 Å². The summed E-state index contributed by atoms with van der Waals surface area (Å²) in [5, 5.41) is 6.33. The van der Waals surface area contributed by atoms with E-state index in [1.807, 2.05) is 63.2 Å². The number of anilines is 2. The minimum atomic E-state index is -0.244. The third-order valence-corrected chi connectivity index (χ3v) is 5.63. The highest BCUT2D eigenvalue weighted by atomic mass is 32.2. The van der Waals surface area contributed by atoms with Gasteiger partial charge in [0.1, 0.15) is 10.8 Å². The van der Waals surface area contributed by atoms with Gasteiger partial charge < -0.3 is 15.4 Å². The summed E-state index contributed by atoms with van der Waals surface area (Å²) < 4.78 is 5.27. The maximum Gasteiger partial charge on any atom is 0.258 e. The number of aryl methyl sites for hydroxylation is 3. The van der Waals surface area contributed by atoms with E-state index in [1.165, 1.54) is 11.8 Å². The molecule has 6 nitrogen and oxygen atoms in total. The molecule has 0 atom stereocenters. The SMILES string of the molecule is COc1ccccc1NC(=O)CSc1nc(C)cc(C)c1C(=O)Nc1ccccc1C. The van der Waals surface area contributed by atoms with Gasteiger partial charge in [-0.25, -0.2) is 4.98 Å². The van der Waals surface area contributed by atoms with Gasteiger partial charge in [0, 0.05) is 11.4 Å². The second-order valence-corrected chi connectivity index (χ2v) is 8.03. The van der Waals surface area contributed by atoms with Gasteiger partial charge in [-0.1, -0.05) is 42.1 Å². The second kappa shape index (κ2) is 10.1. The fourth-order valence-electron chi connectivity index (χ4n) is 3.15. The standard InChI is InChI=1S/C24H25N3O3S/c1-15-9-5-6-10-18(15)27-23(29)22-16(2)13-17(3)25-24(22)31-14-21(28)26-19-11-7-8-12-20(19)30-4/h5-13H,14H2,1-4H3,(H,26,28)(H,27,29). The van der Waals surface area contributed by atoms with Gasteiger partial charge in [-0.2, -0.15) is 0 Å². The van der Waals surface area contributed by atoms with Crippen LogP contribution in [0, 0.1) is 20.8 Å². The van der Waals surface area contributed by atoms with E-state index < -0.39 is 0 Å². The topological polar surface area (TPSA) is 80.3 Å². The number of rotatable bonds is 7. The number of carbonyl (C=O) groups is 2. The van der Waals surface area contributed by atoms with Crippen LogP contribution in [0.25, 0.3) is 0 Å². The molecule has 7 heteroatoms. The lowest BCUT2D eigenvalue weighted by molar-refractivity contribution is -0.113. The van der Waals surface area contributed by atoms with Crippen LogP contribution in [0.3, 0.4) is 0 Å². The largest absolute Gasteiger partial charge is 0.495 e. The maximum atomic E-state index is 13.1. The van der Waals surface area contributed by atoms with Gasteiger partial charge in [0.25, 0.3) is 5.91 Å². The summed E-state index contributed by atoms with van der Waals surface area (Å²) >= 11 is 1.23. The Morgan fingerprint density at radius 3 is 2.32 bits per heavy atom. The average Bonchev–Trinajstić information content (AvgIpc) is 2.73. The van der Waals surface area contributed by atoms with Crippen molar-refractivity contribution < 1.29 is 14.3 Å². The molecule has 1 aromatic heterocycles. The van der Waals surface area contributed by atoms with Crippen LogP contribution < -0.4 is 15.4 Å². The zero-order valence-electron chi connectivity index (χ0n) is 18.0. The van der Waals surface area contributed by atoms with E-state index in [4.69, 9.17) is 4.74 Å². The number of aromatic nitrogens is 1. The van der Waals surface area contributed by atoms with Crippen LogP contribution in [0.1, 0.15) is 27.2 Å². The number of carbonyl (C=O) groups excluding carboxylic acids is 2. The van der Waals surface area contributed by atoms with Crippen molar-refractivity contribution in [2.45, 2.75) is 25.8 Å². The number of nitrogens with one attached hydrogen (secondary N) is 2. The van der Waals surface area contributed by atoms with Gasteiger partial charge in [-0.15, -0.1) is 0 Å². The smallest absolute Gasteiger partial charge is 0.258 e. The Hall–Kier alpha value is -3.32. The van der Waals surface area contributed by atoms with Crippen LogP contribution in [-0.2, 0) is 4.79 Å². The zero-order chi connectivity index (χ0) is 22.4. The first-order valence-electron chi connectivity index (χ1n) is 9.80. The molecule has 3 aromatic rings. The number of benzene rings is 2. The summed E-state index contributed by atoms with van der Waals surface area (Å²) in [5.74, 6) is 0.245. The molecule has 0 radical (unpaired) electrons. The number of nitrogens with zero attached hydrogens (tertiary/aromatic N) is 1. The molecule has 31 heavy (non-hydrogen) atoms. The number of para-hydroxylation sites is 3. The van der Waals surface area contributed by atoms with Crippen molar-refractivity contribution >= 4 is 35.0 Å². The van der Waals surface area contributed by atoms with Crippen LogP contribution in [0.5, 0.6) is 5.75 Å². The van der Waals surface area contributed by atoms with Crippen molar-refractivity contribution in [3.05, 3.63) is 77.0 Å². The number of ether oxygens (including phenoxy) is 1. The summed E-state index contributed by atoms with van der Waals surface area (Å²) in [5.41, 5.74) is 4.39. The van der Waals surface area contributed by atoms with E-state index >= 15 is 0 Å². The maximum absolute atomic E-state index is 13.1. The molecule has 0 aliphatic rings. The van der Waals surface area contributed by atoms with E-state index in [0.717, 1.165) is 22.5 Å². The number of hydrogen-bond donors (Lipinski definition) is 2. The normalized spacial score (nSPS) is 10.5. The quantitative estimate of drug-likeness (QED) is 0.511. The second-order valence-electron chi connectivity index (χ2n) is 7.07. The Balaban J connectivity index is 1.77. The zero-order valence-corrected chi connectivity index (χ0v) is 18.8. The van der Waals surface area contributed by atoms with Crippen LogP contribution >= 0.6 is 11.8 Å². The number of methoxy groups -OCH3 is 1. The van der Waals surface area contributed by atoms with E-state index in [2.05, 4.69) is 15.6 Å².